The third kappa shape index (κ3) is 3.10. The van der Waals surface area contributed by atoms with E-state index in [0.717, 1.165) is 38.1 Å². The van der Waals surface area contributed by atoms with Crippen molar-refractivity contribution in [2.75, 3.05) is 26.9 Å². The highest BCUT2D eigenvalue weighted by molar-refractivity contribution is 5.07. The quantitative estimate of drug-likeness (QED) is 0.807. The fourth-order valence-electron chi connectivity index (χ4n) is 4.33. The third-order valence-corrected chi connectivity index (χ3v) is 5.86. The van der Waals surface area contributed by atoms with Crippen LogP contribution in [0.3, 0.4) is 0 Å². The zero-order chi connectivity index (χ0) is 16.6. The van der Waals surface area contributed by atoms with E-state index in [0.29, 0.717) is 31.0 Å². The minimum atomic E-state index is -0.0849. The average molecular weight is 337 g/mol. The summed E-state index contributed by atoms with van der Waals surface area (Å²) in [4.78, 5) is 6.97. The summed E-state index contributed by atoms with van der Waals surface area (Å²) in [5.74, 6) is 2.10. The largest absolute Gasteiger partial charge is 0.394 e. The Morgan fingerprint density at radius 2 is 2.21 bits per heavy atom. The van der Waals surface area contributed by atoms with Crippen molar-refractivity contribution in [3.8, 4) is 0 Å². The van der Waals surface area contributed by atoms with Gasteiger partial charge in [0, 0.05) is 25.6 Å². The molecule has 3 aliphatic rings. The number of fused-ring (bicyclic) bond motifs is 1. The standard InChI is InChI=1S/C17H27N3O4/c1-22-17-5-4-13(23-9-8-21)10-14(17)20(7-6-17)11-15-18-16(19-24-15)12-2-3-12/h12-14,21H,2-11H2,1H3/t13-,14+,17-/m1/s1. The fraction of sp³-hybridized carbons (Fsp3) is 0.882. The van der Waals surface area contributed by atoms with Gasteiger partial charge in [0.25, 0.3) is 0 Å². The smallest absolute Gasteiger partial charge is 0.240 e. The Morgan fingerprint density at radius 1 is 1.33 bits per heavy atom. The summed E-state index contributed by atoms with van der Waals surface area (Å²) >= 11 is 0. The topological polar surface area (TPSA) is 80.9 Å². The maximum atomic E-state index is 8.99. The molecule has 7 nitrogen and oxygen atoms in total. The maximum absolute atomic E-state index is 8.99. The van der Waals surface area contributed by atoms with Gasteiger partial charge in [0.05, 0.1) is 31.5 Å². The molecule has 2 aliphatic carbocycles. The van der Waals surface area contributed by atoms with Gasteiger partial charge in [0.15, 0.2) is 5.82 Å². The van der Waals surface area contributed by atoms with Gasteiger partial charge in [0.2, 0.25) is 5.89 Å². The van der Waals surface area contributed by atoms with Crippen LogP contribution in [0, 0.1) is 0 Å². The third-order valence-electron chi connectivity index (χ3n) is 5.86. The first-order chi connectivity index (χ1) is 11.7. The number of aliphatic hydroxyl groups excluding tert-OH is 1. The van der Waals surface area contributed by atoms with Crippen molar-refractivity contribution in [2.45, 2.75) is 68.7 Å². The number of likely N-dealkylation sites (tertiary alicyclic amines) is 1. The average Bonchev–Trinajstić information content (AvgIpc) is 3.26. The van der Waals surface area contributed by atoms with Crippen molar-refractivity contribution in [1.82, 2.24) is 15.0 Å². The number of nitrogens with zero attached hydrogens (tertiary/aromatic N) is 3. The monoisotopic (exact) mass is 337 g/mol. The molecule has 1 aliphatic heterocycles. The SMILES string of the molecule is CO[C@@]12CC[C@@H](OCCO)C[C@@H]1N(Cc1nc(C3CC3)no1)CC2. The second-order valence-electron chi connectivity index (χ2n) is 7.32. The molecule has 0 spiro atoms. The lowest BCUT2D eigenvalue weighted by Crippen LogP contribution is -2.51. The Bertz CT molecular complexity index is 562. The molecule has 1 saturated heterocycles. The van der Waals surface area contributed by atoms with Gasteiger partial charge < -0.3 is 19.1 Å². The molecule has 0 unspecified atom stereocenters. The van der Waals surface area contributed by atoms with Crippen LogP contribution in [-0.2, 0) is 16.0 Å². The Morgan fingerprint density at radius 3 is 2.96 bits per heavy atom. The van der Waals surface area contributed by atoms with Crippen LogP contribution >= 0.6 is 0 Å². The zero-order valence-electron chi connectivity index (χ0n) is 14.3. The van der Waals surface area contributed by atoms with Crippen molar-refractivity contribution in [3.05, 3.63) is 11.7 Å². The minimum Gasteiger partial charge on any atom is -0.394 e. The molecule has 1 aromatic rings. The molecular formula is C17H27N3O4. The summed E-state index contributed by atoms with van der Waals surface area (Å²) < 4.78 is 17.2. The second kappa shape index (κ2) is 6.71. The summed E-state index contributed by atoms with van der Waals surface area (Å²) in [7, 11) is 1.82. The number of hydrogen-bond donors (Lipinski definition) is 1. The number of hydrogen-bond acceptors (Lipinski definition) is 7. The highest BCUT2D eigenvalue weighted by atomic mass is 16.5. The van der Waals surface area contributed by atoms with Gasteiger partial charge in [0.1, 0.15) is 0 Å². The first-order valence-corrected chi connectivity index (χ1v) is 9.08. The van der Waals surface area contributed by atoms with E-state index >= 15 is 0 Å². The summed E-state index contributed by atoms with van der Waals surface area (Å²) in [6.45, 7) is 2.15. The molecule has 0 bridgehead atoms. The molecule has 0 aromatic carbocycles. The lowest BCUT2D eigenvalue weighted by Gasteiger charge is -2.43. The van der Waals surface area contributed by atoms with Crippen LogP contribution in [0.5, 0.6) is 0 Å². The van der Waals surface area contributed by atoms with Gasteiger partial charge in [-0.05, 0) is 38.5 Å². The molecule has 2 saturated carbocycles. The molecule has 2 heterocycles. The number of aliphatic hydroxyl groups is 1. The van der Waals surface area contributed by atoms with Crippen molar-refractivity contribution >= 4 is 0 Å². The molecular weight excluding hydrogens is 310 g/mol. The van der Waals surface area contributed by atoms with E-state index in [2.05, 4.69) is 15.0 Å². The lowest BCUT2D eigenvalue weighted by atomic mass is 9.79. The summed E-state index contributed by atoms with van der Waals surface area (Å²) in [6, 6.07) is 0.302. The molecule has 3 atom stereocenters. The Labute approximate surface area is 142 Å². The first kappa shape index (κ1) is 16.4. The van der Waals surface area contributed by atoms with E-state index in [4.69, 9.17) is 19.1 Å². The Kier molecular flexibility index (Phi) is 4.60. The molecule has 134 valence electrons. The van der Waals surface area contributed by atoms with Crippen LogP contribution in [-0.4, -0.2) is 64.8 Å². The highest BCUT2D eigenvalue weighted by Crippen LogP contribution is 2.44. The van der Waals surface area contributed by atoms with Gasteiger partial charge in [-0.3, -0.25) is 4.90 Å². The summed E-state index contributed by atoms with van der Waals surface area (Å²) in [6.07, 6.45) is 6.50. The highest BCUT2D eigenvalue weighted by Gasteiger charge is 2.51. The molecule has 1 N–H and O–H groups in total. The van der Waals surface area contributed by atoms with Crippen LogP contribution in [0.25, 0.3) is 0 Å². The van der Waals surface area contributed by atoms with E-state index in [-0.39, 0.29) is 18.3 Å². The normalized spacial score (nSPS) is 33.8. The molecule has 0 radical (unpaired) electrons. The molecule has 7 heteroatoms. The Hall–Kier alpha value is -1.02. The molecule has 0 amide bonds. The maximum Gasteiger partial charge on any atom is 0.240 e. The lowest BCUT2D eigenvalue weighted by molar-refractivity contribution is -0.105. The molecule has 4 rings (SSSR count). The Balaban J connectivity index is 1.44. The van der Waals surface area contributed by atoms with Gasteiger partial charge in [-0.25, -0.2) is 0 Å². The van der Waals surface area contributed by atoms with Crippen LogP contribution in [0.15, 0.2) is 4.52 Å². The van der Waals surface area contributed by atoms with Gasteiger partial charge in [-0.1, -0.05) is 5.16 Å². The van der Waals surface area contributed by atoms with Crippen molar-refractivity contribution in [3.63, 3.8) is 0 Å². The zero-order valence-corrected chi connectivity index (χ0v) is 14.3. The predicted octanol–water partition coefficient (Wildman–Crippen LogP) is 1.47. The number of ether oxygens (including phenoxy) is 2. The van der Waals surface area contributed by atoms with Crippen LogP contribution in [0.1, 0.15) is 56.2 Å². The van der Waals surface area contributed by atoms with E-state index in [9.17, 15) is 0 Å². The van der Waals surface area contributed by atoms with E-state index in [1.165, 1.54) is 12.8 Å². The second-order valence-corrected chi connectivity index (χ2v) is 7.32. The van der Waals surface area contributed by atoms with E-state index in [1.807, 2.05) is 7.11 Å². The van der Waals surface area contributed by atoms with E-state index < -0.39 is 0 Å². The van der Waals surface area contributed by atoms with Gasteiger partial charge in [-0.15, -0.1) is 0 Å². The minimum absolute atomic E-state index is 0.0756. The fourth-order valence-corrected chi connectivity index (χ4v) is 4.33. The van der Waals surface area contributed by atoms with Crippen molar-refractivity contribution < 1.29 is 19.1 Å². The summed E-state index contributed by atoms with van der Waals surface area (Å²) in [5, 5.41) is 13.1. The van der Waals surface area contributed by atoms with Crippen LogP contribution < -0.4 is 0 Å². The van der Waals surface area contributed by atoms with Crippen molar-refractivity contribution in [1.29, 1.82) is 0 Å². The molecule has 24 heavy (non-hydrogen) atoms. The molecule has 3 fully saturated rings. The number of aromatic nitrogens is 2. The first-order valence-electron chi connectivity index (χ1n) is 9.08. The van der Waals surface area contributed by atoms with Crippen LogP contribution in [0.4, 0.5) is 0 Å². The van der Waals surface area contributed by atoms with Gasteiger partial charge in [-0.2, -0.15) is 4.98 Å². The summed E-state index contributed by atoms with van der Waals surface area (Å²) in [5.41, 5.74) is -0.0849. The van der Waals surface area contributed by atoms with Gasteiger partial charge >= 0.3 is 0 Å². The van der Waals surface area contributed by atoms with E-state index in [1.54, 1.807) is 0 Å². The number of methoxy groups -OCH3 is 1. The predicted molar refractivity (Wildman–Crippen MR) is 85.5 cm³/mol. The van der Waals surface area contributed by atoms with Crippen molar-refractivity contribution in [2.24, 2.45) is 0 Å². The number of rotatable bonds is 7. The van der Waals surface area contributed by atoms with Crippen LogP contribution in [0.2, 0.25) is 0 Å². The molecule has 1 aromatic heterocycles.